The summed E-state index contributed by atoms with van der Waals surface area (Å²) in [6.07, 6.45) is 2.96. The summed E-state index contributed by atoms with van der Waals surface area (Å²) in [5.74, 6) is -2.89. The van der Waals surface area contributed by atoms with Crippen molar-refractivity contribution in [3.63, 3.8) is 0 Å². The third kappa shape index (κ3) is 4.15. The predicted octanol–water partition coefficient (Wildman–Crippen LogP) is 2.84. The van der Waals surface area contributed by atoms with Gasteiger partial charge in [0.1, 0.15) is 5.76 Å². The fraction of sp³-hybridized carbons (Fsp3) is 0.414. The number of piperidine rings is 1. The van der Waals surface area contributed by atoms with Gasteiger partial charge in [0.2, 0.25) is 10.0 Å². The molecule has 1 spiro atoms. The summed E-state index contributed by atoms with van der Waals surface area (Å²) in [5.41, 5.74) is -1.05. The number of aliphatic hydroxyl groups is 1. The van der Waals surface area contributed by atoms with Crippen LogP contribution in [-0.2, 0) is 34.7 Å². The number of rotatable bonds is 8. The number of Topliss-reactive ketones (excluding diaryl/α,β-unsaturated/α-hetero) is 1. The highest BCUT2D eigenvalue weighted by molar-refractivity contribution is 7.89. The largest absolute Gasteiger partial charge is 0.507 e. The molecule has 5 rings (SSSR count). The Morgan fingerprint density at radius 1 is 1.00 bits per heavy atom. The van der Waals surface area contributed by atoms with E-state index in [2.05, 4.69) is 0 Å². The van der Waals surface area contributed by atoms with Crippen LogP contribution in [0.25, 0.3) is 5.76 Å². The average Bonchev–Trinajstić information content (AvgIpc) is 3.35. The number of aliphatic hydroxyl groups excluding tert-OH is 1. The monoisotopic (exact) mass is 567 g/mol. The molecule has 0 saturated carbocycles. The van der Waals surface area contributed by atoms with E-state index in [-0.39, 0.29) is 22.6 Å². The van der Waals surface area contributed by atoms with Crippen LogP contribution >= 0.6 is 0 Å². The maximum Gasteiger partial charge on any atom is 0.296 e. The van der Waals surface area contributed by atoms with Crippen LogP contribution in [0.5, 0.6) is 0 Å². The van der Waals surface area contributed by atoms with Crippen molar-refractivity contribution in [1.29, 1.82) is 0 Å². The fourth-order valence-electron chi connectivity index (χ4n) is 6.03. The molecule has 0 bridgehead atoms. The Kier molecular flexibility index (Phi) is 7.56. The molecule has 2 aromatic rings. The molecule has 2 aromatic carbocycles. The zero-order valence-corrected chi connectivity index (χ0v) is 23.4. The molecule has 212 valence electrons. The van der Waals surface area contributed by atoms with Gasteiger partial charge in [-0.15, -0.1) is 0 Å². The third-order valence-corrected chi connectivity index (χ3v) is 9.85. The minimum absolute atomic E-state index is 0.0554. The van der Waals surface area contributed by atoms with Gasteiger partial charge in [-0.25, -0.2) is 8.42 Å². The first-order chi connectivity index (χ1) is 19.2. The maximum atomic E-state index is 14.2. The summed E-state index contributed by atoms with van der Waals surface area (Å²) in [5, 5.41) is 11.6. The van der Waals surface area contributed by atoms with E-state index in [9.17, 15) is 27.9 Å². The Morgan fingerprint density at radius 2 is 1.68 bits per heavy atom. The summed E-state index contributed by atoms with van der Waals surface area (Å²) in [6.45, 7) is 3.36. The number of amides is 2. The summed E-state index contributed by atoms with van der Waals surface area (Å²) in [4.78, 5) is 44.0. The van der Waals surface area contributed by atoms with Crippen molar-refractivity contribution in [2.24, 2.45) is 0 Å². The van der Waals surface area contributed by atoms with E-state index in [1.807, 2.05) is 0 Å². The second-order valence-corrected chi connectivity index (χ2v) is 12.1. The predicted molar refractivity (Wildman–Crippen MR) is 148 cm³/mol. The van der Waals surface area contributed by atoms with Crippen LogP contribution in [0.15, 0.2) is 59.0 Å². The van der Waals surface area contributed by atoms with Crippen molar-refractivity contribution >= 4 is 39.1 Å². The minimum Gasteiger partial charge on any atom is -0.507 e. The number of anilines is 1. The van der Waals surface area contributed by atoms with Crippen LogP contribution in [0.1, 0.15) is 43.7 Å². The highest BCUT2D eigenvalue weighted by Crippen LogP contribution is 2.53. The van der Waals surface area contributed by atoms with Gasteiger partial charge in [0.15, 0.2) is 5.54 Å². The van der Waals surface area contributed by atoms with Crippen molar-refractivity contribution in [2.75, 3.05) is 44.8 Å². The van der Waals surface area contributed by atoms with Gasteiger partial charge >= 0.3 is 0 Å². The number of benzene rings is 2. The Bertz CT molecular complexity index is 1480. The molecule has 2 fully saturated rings. The van der Waals surface area contributed by atoms with Crippen LogP contribution in [0.3, 0.4) is 0 Å². The number of carbonyl (C=O) groups excluding carboxylic acids is 3. The van der Waals surface area contributed by atoms with E-state index < -0.39 is 38.9 Å². The summed E-state index contributed by atoms with van der Waals surface area (Å²) < 4.78 is 32.8. The molecule has 1 atom stereocenters. The molecule has 0 aromatic heterocycles. The molecule has 11 heteroatoms. The number of hydrogen-bond donors (Lipinski definition) is 1. The lowest BCUT2D eigenvalue weighted by molar-refractivity contribution is -0.143. The van der Waals surface area contributed by atoms with Crippen molar-refractivity contribution in [3.8, 4) is 0 Å². The molecule has 40 heavy (non-hydrogen) atoms. The molecular weight excluding hydrogens is 534 g/mol. The van der Waals surface area contributed by atoms with Crippen molar-refractivity contribution in [2.45, 2.75) is 43.0 Å². The van der Waals surface area contributed by atoms with E-state index in [4.69, 9.17) is 4.74 Å². The van der Waals surface area contributed by atoms with Gasteiger partial charge in [0.25, 0.3) is 17.6 Å². The number of nitrogens with zero attached hydrogens (tertiary/aromatic N) is 3. The number of hydrogen-bond acceptors (Lipinski definition) is 7. The lowest BCUT2D eigenvalue weighted by atomic mass is 9.82. The van der Waals surface area contributed by atoms with Crippen molar-refractivity contribution in [1.82, 2.24) is 9.21 Å². The Labute approximate surface area is 233 Å². The lowest BCUT2D eigenvalue weighted by Gasteiger charge is -2.34. The van der Waals surface area contributed by atoms with Crippen LogP contribution in [0.4, 0.5) is 5.69 Å². The number of likely N-dealkylation sites (N-methyl/N-ethyl adjacent to an activating group) is 1. The summed E-state index contributed by atoms with van der Waals surface area (Å²) >= 11 is 0. The molecule has 3 aliphatic heterocycles. The second kappa shape index (κ2) is 10.8. The van der Waals surface area contributed by atoms with Gasteiger partial charge in [-0.1, -0.05) is 24.6 Å². The minimum atomic E-state index is -3.71. The van der Waals surface area contributed by atoms with Gasteiger partial charge in [-0.05, 0) is 56.5 Å². The number of fused-ring (bicyclic) bond motifs is 2. The number of carbonyl (C=O) groups is 3. The van der Waals surface area contributed by atoms with E-state index in [0.29, 0.717) is 43.9 Å². The quantitative estimate of drug-likeness (QED) is 0.225. The standard InChI is InChI=1S/C29H33N3O7S/c1-3-31-23-11-6-5-10-22(23)29(28(31)36)24(26(34)27(35)32(29)18-9-19-39-2)25(33)20-12-14-21(15-13-20)40(37,38)30-16-7-4-8-17-30/h5-6,10-15,33H,3-4,7-9,16-19H2,1-2H3/b25-24+. The Balaban J connectivity index is 1.65. The van der Waals surface area contributed by atoms with E-state index in [1.165, 1.54) is 45.5 Å². The zero-order chi connectivity index (χ0) is 28.7. The molecule has 10 nitrogen and oxygen atoms in total. The third-order valence-electron chi connectivity index (χ3n) is 7.94. The normalized spacial score (nSPS) is 22.9. The van der Waals surface area contributed by atoms with E-state index in [1.54, 1.807) is 31.2 Å². The number of likely N-dealkylation sites (tertiary alicyclic amines) is 1. The first-order valence-corrected chi connectivity index (χ1v) is 15.0. The summed E-state index contributed by atoms with van der Waals surface area (Å²) in [6, 6.07) is 12.5. The Hall–Kier alpha value is -3.54. The number of para-hydroxylation sites is 1. The molecule has 1 unspecified atom stereocenters. The number of ketones is 1. The lowest BCUT2D eigenvalue weighted by Crippen LogP contribution is -2.52. The highest BCUT2D eigenvalue weighted by atomic mass is 32.2. The molecule has 0 aliphatic carbocycles. The van der Waals surface area contributed by atoms with Gasteiger partial charge in [-0.3, -0.25) is 14.4 Å². The molecule has 2 amide bonds. The first-order valence-electron chi connectivity index (χ1n) is 13.5. The highest BCUT2D eigenvalue weighted by Gasteiger charge is 2.66. The van der Waals surface area contributed by atoms with Gasteiger partial charge in [0, 0.05) is 51.0 Å². The molecule has 3 aliphatic rings. The molecule has 0 radical (unpaired) electrons. The number of sulfonamides is 1. The van der Waals surface area contributed by atoms with Gasteiger partial charge in [-0.2, -0.15) is 4.31 Å². The number of methoxy groups -OCH3 is 1. The topological polar surface area (TPSA) is 125 Å². The molecule has 1 N–H and O–H groups in total. The van der Waals surface area contributed by atoms with Crippen LogP contribution in [-0.4, -0.2) is 80.2 Å². The summed E-state index contributed by atoms with van der Waals surface area (Å²) in [7, 11) is -2.19. The van der Waals surface area contributed by atoms with E-state index >= 15 is 0 Å². The smallest absolute Gasteiger partial charge is 0.296 e. The first kappa shape index (κ1) is 28.0. The van der Waals surface area contributed by atoms with Gasteiger partial charge < -0.3 is 19.6 Å². The average molecular weight is 568 g/mol. The van der Waals surface area contributed by atoms with E-state index in [0.717, 1.165) is 19.3 Å². The van der Waals surface area contributed by atoms with Crippen LogP contribution in [0.2, 0.25) is 0 Å². The zero-order valence-electron chi connectivity index (χ0n) is 22.6. The number of ether oxygens (including phenoxy) is 1. The second-order valence-electron chi connectivity index (χ2n) is 10.1. The Morgan fingerprint density at radius 3 is 2.33 bits per heavy atom. The molecular formula is C29H33N3O7S. The van der Waals surface area contributed by atoms with Crippen LogP contribution in [0, 0.1) is 0 Å². The van der Waals surface area contributed by atoms with Crippen molar-refractivity contribution < 1.29 is 32.6 Å². The van der Waals surface area contributed by atoms with Crippen molar-refractivity contribution in [3.05, 3.63) is 65.2 Å². The maximum absolute atomic E-state index is 14.2. The SMILES string of the molecule is CCN1C(=O)C2(/C(=C(/O)c3ccc(S(=O)(=O)N4CCCCC4)cc3)C(=O)C(=O)N2CCCOC)c2ccccc21. The molecule has 3 heterocycles. The molecule has 2 saturated heterocycles. The van der Waals surface area contributed by atoms with Crippen LogP contribution < -0.4 is 4.90 Å². The fourth-order valence-corrected chi connectivity index (χ4v) is 7.55. The van der Waals surface area contributed by atoms with Gasteiger partial charge in [0.05, 0.1) is 16.2 Å².